The van der Waals surface area contributed by atoms with Crippen LogP contribution in [0.5, 0.6) is 57.5 Å². The molecule has 0 fully saturated rings. The number of esters is 7. The van der Waals surface area contributed by atoms with Gasteiger partial charge in [0.05, 0.1) is 0 Å². The van der Waals surface area contributed by atoms with Crippen LogP contribution in [0, 0.1) is 13.8 Å². The summed E-state index contributed by atoms with van der Waals surface area (Å²) in [5.41, 5.74) is 11.3. The molecule has 8 aromatic rings. The number of benzene rings is 8. The largest absolute Gasteiger partial charge is 0.508 e. The van der Waals surface area contributed by atoms with Gasteiger partial charge in [-0.15, -0.1) is 0 Å². The number of carbonyl (C=O) groups is 8. The van der Waals surface area contributed by atoms with Crippen molar-refractivity contribution in [3.8, 4) is 57.5 Å². The summed E-state index contributed by atoms with van der Waals surface area (Å²) < 4.78 is 34.9. The van der Waals surface area contributed by atoms with Gasteiger partial charge in [-0.2, -0.15) is 0 Å². The van der Waals surface area contributed by atoms with E-state index >= 15 is 0 Å². The van der Waals surface area contributed by atoms with E-state index in [4.69, 9.17) is 38.3 Å². The van der Waals surface area contributed by atoms with Crippen LogP contribution in [0.2, 0.25) is 0 Å². The monoisotopic (exact) mass is 1590 g/mol. The Bertz CT molecular complexity index is 4430. The Morgan fingerprint density at radius 3 is 0.948 bits per heavy atom. The van der Waals surface area contributed by atoms with E-state index in [1.165, 1.54) is 48.5 Å². The second-order valence-corrected chi connectivity index (χ2v) is 32.1. The summed E-state index contributed by atoms with van der Waals surface area (Å²) >= 11 is 0. The molecule has 0 saturated heterocycles. The van der Waals surface area contributed by atoms with E-state index in [0.717, 1.165) is 72.3 Å². The first-order valence-electron chi connectivity index (χ1n) is 38.0. The van der Waals surface area contributed by atoms with Crippen LogP contribution >= 0.6 is 0 Å². The lowest BCUT2D eigenvalue weighted by atomic mass is 9.78. The Morgan fingerprint density at radius 2 is 0.626 bits per heavy atom. The molecular formula is C94H122O21. The number of carbonyl (C=O) groups excluding carboxylic acids is 8. The first kappa shape index (κ1) is 99.6. The molecule has 0 spiro atoms. The zero-order valence-corrected chi connectivity index (χ0v) is 72.3. The Hall–Kier alpha value is -11.5. The van der Waals surface area contributed by atoms with Gasteiger partial charge in [0.1, 0.15) is 77.3 Å². The molecule has 0 atom stereocenters. The molecule has 0 radical (unpaired) electrons. The zero-order chi connectivity index (χ0) is 88.0. The van der Waals surface area contributed by atoms with Crippen molar-refractivity contribution in [2.45, 2.75) is 253 Å². The van der Waals surface area contributed by atoms with Crippen molar-refractivity contribution in [1.29, 1.82) is 0 Å². The van der Waals surface area contributed by atoms with Crippen LogP contribution in [-0.2, 0) is 102 Å². The number of ether oxygens (including phenoxy) is 7. The molecule has 21 nitrogen and oxygen atoms in total. The molecule has 21 heteroatoms. The molecule has 115 heavy (non-hydrogen) atoms. The molecule has 0 aromatic heterocycles. The Kier molecular flexibility index (Phi) is 39.3. The summed E-state index contributed by atoms with van der Waals surface area (Å²) in [6.07, 6.45) is 1.43. The standard InChI is InChI=1S/C17H26O3.C16H24O3.C15H12O3.C14H20O3.C12H16O3.C11H14O3.C9H10O3/c1-11(18)20-10-12-8-13(16(2,3)4)15(19)14(9-12)17(5,6)7;1-10(17)19-11-8-12(15(2,3)4)14(18)13(9-11)16(5,6)7;1-11(16)18-14-9-7-13(8-10-14)15(17)12-5-3-2-4-6-12;1-8(2)12-6-11(17-10(5)15)7-13(9(3)4)14(12)16;1-4-9-6-11(15-8(3)13)7-10(5-2)12(9)14;1-7-4-10(6-14-9(3)12)5-8(2)11(7)13;1-7(10)12-6-8-2-4-9(11)5-3-8/h8-9,19H,10H2,1-7H3;8-9,18H,1-7H3;2-10H,1H3;6-9,16H,1-5H3;6-7,14H,4-5H2,1-3H3;4-5,13H,6H2,1-3H3;2-5,11H,6H2,1H3. The van der Waals surface area contributed by atoms with Crippen LogP contribution in [0.25, 0.3) is 0 Å². The maximum absolute atomic E-state index is 12.1. The van der Waals surface area contributed by atoms with Crippen LogP contribution < -0.4 is 18.9 Å². The minimum absolute atomic E-state index is 0.0509. The summed E-state index contributed by atoms with van der Waals surface area (Å²) in [4.78, 5) is 87.7. The minimum atomic E-state index is -0.378. The highest BCUT2D eigenvalue weighted by Crippen LogP contribution is 2.43. The molecule has 8 aromatic carbocycles. The Labute approximate surface area is 680 Å². The fourth-order valence-electron chi connectivity index (χ4n) is 11.0. The maximum Gasteiger partial charge on any atom is 0.308 e. The summed E-state index contributed by atoms with van der Waals surface area (Å²) in [7, 11) is 0. The van der Waals surface area contributed by atoms with Gasteiger partial charge < -0.3 is 63.8 Å². The average molecular weight is 1590 g/mol. The lowest BCUT2D eigenvalue weighted by Crippen LogP contribution is -2.18. The summed E-state index contributed by atoms with van der Waals surface area (Å²) in [5.74, 6) is 1.70. The van der Waals surface area contributed by atoms with Gasteiger partial charge in [-0.1, -0.05) is 167 Å². The number of aryl methyl sites for hydroxylation is 4. The smallest absolute Gasteiger partial charge is 0.308 e. The third-order valence-electron chi connectivity index (χ3n) is 16.9. The van der Waals surface area contributed by atoms with Crippen LogP contribution in [0.3, 0.4) is 0 Å². The highest BCUT2D eigenvalue weighted by Gasteiger charge is 2.29. The Balaban J connectivity index is 0.000000457. The molecule has 0 unspecified atom stereocenters. The predicted molar refractivity (Wildman–Crippen MR) is 448 cm³/mol. The lowest BCUT2D eigenvalue weighted by Gasteiger charge is -2.28. The lowest BCUT2D eigenvalue weighted by molar-refractivity contribution is -0.143. The van der Waals surface area contributed by atoms with Crippen molar-refractivity contribution < 1.29 is 102 Å². The van der Waals surface area contributed by atoms with E-state index in [-0.39, 0.29) is 112 Å². The van der Waals surface area contributed by atoms with Crippen LogP contribution in [0.15, 0.2) is 140 Å². The van der Waals surface area contributed by atoms with E-state index in [0.29, 0.717) is 70.0 Å². The topological polar surface area (TPSA) is 323 Å². The molecule has 8 rings (SSSR count). The molecule has 0 amide bonds. The molecule has 0 bridgehead atoms. The van der Waals surface area contributed by atoms with Gasteiger partial charge >= 0.3 is 41.8 Å². The fourth-order valence-corrected chi connectivity index (χ4v) is 11.0. The van der Waals surface area contributed by atoms with Gasteiger partial charge in [-0.25, -0.2) is 0 Å². The van der Waals surface area contributed by atoms with E-state index in [1.54, 1.807) is 97.1 Å². The maximum atomic E-state index is 12.1. The highest BCUT2D eigenvalue weighted by molar-refractivity contribution is 6.09. The van der Waals surface area contributed by atoms with E-state index in [9.17, 15) is 63.9 Å². The molecule has 0 aliphatic rings. The van der Waals surface area contributed by atoms with E-state index in [1.807, 2.05) is 139 Å². The quantitative estimate of drug-likeness (QED) is 0.0226. The van der Waals surface area contributed by atoms with Crippen LogP contribution in [0.1, 0.15) is 273 Å². The molecule has 0 aliphatic heterocycles. The number of ketones is 1. The van der Waals surface area contributed by atoms with E-state index in [2.05, 4.69) is 41.5 Å². The zero-order valence-electron chi connectivity index (χ0n) is 72.3. The van der Waals surface area contributed by atoms with E-state index < -0.39 is 0 Å². The Morgan fingerprint density at radius 1 is 0.322 bits per heavy atom. The summed E-state index contributed by atoms with van der Waals surface area (Å²) in [6, 6.07) is 39.9. The SMILES string of the molecule is CC(=O)OCc1cc(C(C)(C)C)c(O)c(C(C)(C)C)c1.CC(=O)OCc1cc(C)c(O)c(C)c1.CC(=O)OCc1ccc(O)cc1.CC(=O)Oc1cc(C(C)(C)C)c(O)c(C(C)(C)C)c1.CC(=O)Oc1cc(C(C)C)c(O)c(C(C)C)c1.CC(=O)Oc1ccc(C(=O)c2ccccc2)cc1.CCc1cc(OC(C)=O)cc(CC)c1O. The van der Waals surface area contributed by atoms with Crippen LogP contribution in [0.4, 0.5) is 0 Å². The minimum Gasteiger partial charge on any atom is -0.508 e. The molecule has 0 aliphatic carbocycles. The molecule has 0 heterocycles. The number of phenols is 6. The number of hydrogen-bond acceptors (Lipinski definition) is 21. The highest BCUT2D eigenvalue weighted by atomic mass is 16.6. The number of rotatable bonds is 16. The fraction of sp³-hybridized carbons (Fsp3) is 0.404. The second kappa shape index (κ2) is 45.4. The second-order valence-electron chi connectivity index (χ2n) is 32.1. The predicted octanol–water partition coefficient (Wildman–Crippen LogP) is 20.3. The number of phenolic OH excluding ortho intramolecular Hbond substituents is 6. The van der Waals surface area contributed by atoms with Gasteiger partial charge in [0.2, 0.25) is 0 Å². The summed E-state index contributed by atoms with van der Waals surface area (Å²) in [5, 5.41) is 59.4. The van der Waals surface area contributed by atoms with Crippen molar-refractivity contribution in [2.24, 2.45) is 0 Å². The number of aromatic hydroxyl groups is 6. The molecule has 0 saturated carbocycles. The van der Waals surface area contributed by atoms with Gasteiger partial charge in [0, 0.05) is 81.8 Å². The van der Waals surface area contributed by atoms with Gasteiger partial charge in [-0.05, 0) is 207 Å². The van der Waals surface area contributed by atoms with Gasteiger partial charge in [-0.3, -0.25) is 38.4 Å². The average Bonchev–Trinajstić information content (AvgIpc) is 0.787. The third-order valence-corrected chi connectivity index (χ3v) is 16.9. The van der Waals surface area contributed by atoms with Gasteiger partial charge in [0.25, 0.3) is 0 Å². The first-order valence-corrected chi connectivity index (χ1v) is 38.0. The van der Waals surface area contributed by atoms with Crippen molar-refractivity contribution in [3.05, 3.63) is 223 Å². The van der Waals surface area contributed by atoms with Crippen molar-refractivity contribution >= 4 is 47.6 Å². The first-order chi connectivity index (χ1) is 53.1. The molecule has 624 valence electrons. The van der Waals surface area contributed by atoms with Crippen molar-refractivity contribution in [2.75, 3.05) is 0 Å². The summed E-state index contributed by atoms with van der Waals surface area (Å²) in [6.45, 7) is 50.3. The third kappa shape index (κ3) is 35.2. The molecular weight excluding hydrogens is 1470 g/mol. The number of hydrogen-bond donors (Lipinski definition) is 6. The normalized spacial score (nSPS) is 10.9. The van der Waals surface area contributed by atoms with Crippen molar-refractivity contribution in [1.82, 2.24) is 0 Å². The van der Waals surface area contributed by atoms with Crippen LogP contribution in [-0.4, -0.2) is 78.2 Å². The molecule has 6 N–H and O–H groups in total. The van der Waals surface area contributed by atoms with Gasteiger partial charge in [0.15, 0.2) is 5.78 Å². The van der Waals surface area contributed by atoms with Crippen molar-refractivity contribution in [3.63, 3.8) is 0 Å².